The number of hydrogen-bond donors (Lipinski definition) is 3. The number of rotatable bonds is 8. The van der Waals surface area contributed by atoms with Gasteiger partial charge in [-0.05, 0) is 35.6 Å². The zero-order valence-electron chi connectivity index (χ0n) is 18.6. The molecule has 31 heavy (non-hydrogen) atoms. The van der Waals surface area contributed by atoms with Crippen LogP contribution in [0.15, 0.2) is 34.9 Å². The summed E-state index contributed by atoms with van der Waals surface area (Å²) < 4.78 is 14.5. The van der Waals surface area contributed by atoms with Crippen LogP contribution in [0.5, 0.6) is 5.75 Å². The first-order chi connectivity index (χ1) is 14.7. The van der Waals surface area contributed by atoms with E-state index < -0.39 is 0 Å². The van der Waals surface area contributed by atoms with Crippen LogP contribution in [0.2, 0.25) is 0 Å². The number of aromatic hydroxyl groups is 1. The molecule has 3 N–H and O–H groups in total. The number of phenolic OH excluding ortho intramolecular Hbond substituents is 1. The van der Waals surface area contributed by atoms with Crippen molar-refractivity contribution >= 4 is 35.0 Å². The molecular formula is C22H29N5O3S. The van der Waals surface area contributed by atoms with E-state index in [2.05, 4.69) is 53.1 Å². The topological polar surface area (TPSA) is 104 Å². The Kier molecular flexibility index (Phi) is 6.84. The molecule has 0 aliphatic rings. The number of phenols is 1. The molecule has 0 radical (unpaired) electrons. The van der Waals surface area contributed by atoms with Gasteiger partial charge in [-0.3, -0.25) is 4.79 Å². The van der Waals surface area contributed by atoms with Crippen molar-refractivity contribution in [2.75, 3.05) is 24.7 Å². The van der Waals surface area contributed by atoms with Gasteiger partial charge in [0.15, 0.2) is 17.4 Å². The Morgan fingerprint density at radius 2 is 1.87 bits per heavy atom. The van der Waals surface area contributed by atoms with Crippen LogP contribution in [0.25, 0.3) is 0 Å². The molecule has 0 fully saturated rings. The summed E-state index contributed by atoms with van der Waals surface area (Å²) in [6.45, 7) is 8.45. The van der Waals surface area contributed by atoms with Gasteiger partial charge < -0.3 is 25.1 Å². The summed E-state index contributed by atoms with van der Waals surface area (Å²) >= 11 is 1.05. The molecule has 3 aromatic rings. The fourth-order valence-electron chi connectivity index (χ4n) is 3.10. The van der Waals surface area contributed by atoms with Crippen LogP contribution in [-0.4, -0.2) is 38.8 Å². The van der Waals surface area contributed by atoms with Gasteiger partial charge in [0.05, 0.1) is 35.3 Å². The van der Waals surface area contributed by atoms with Crippen LogP contribution in [0.3, 0.4) is 0 Å². The maximum absolute atomic E-state index is 12.3. The predicted molar refractivity (Wildman–Crippen MR) is 123 cm³/mol. The lowest BCUT2D eigenvalue weighted by molar-refractivity contribution is 0.0824. The molecule has 0 aliphatic heterocycles. The van der Waals surface area contributed by atoms with Crippen molar-refractivity contribution in [2.24, 2.45) is 5.92 Å². The molecule has 1 atom stereocenters. The van der Waals surface area contributed by atoms with Crippen molar-refractivity contribution in [3.63, 3.8) is 0 Å². The van der Waals surface area contributed by atoms with Crippen LogP contribution in [0.1, 0.15) is 61.3 Å². The van der Waals surface area contributed by atoms with Crippen LogP contribution in [0, 0.1) is 5.92 Å². The number of carbonyl (C=O) groups is 1. The molecule has 1 aromatic carbocycles. The normalized spacial score (nSPS) is 12.3. The molecule has 3 rings (SSSR count). The van der Waals surface area contributed by atoms with E-state index in [1.807, 2.05) is 0 Å². The van der Waals surface area contributed by atoms with E-state index in [1.165, 1.54) is 4.90 Å². The minimum absolute atomic E-state index is 0.104. The molecule has 2 aromatic heterocycles. The molecule has 0 unspecified atom stereocenters. The Morgan fingerprint density at radius 1 is 1.16 bits per heavy atom. The zero-order chi connectivity index (χ0) is 22.7. The molecule has 8 nitrogen and oxygen atoms in total. The van der Waals surface area contributed by atoms with Gasteiger partial charge in [-0.2, -0.15) is 8.75 Å². The fraction of sp³-hybridized carbons (Fsp3) is 0.409. The van der Waals surface area contributed by atoms with Gasteiger partial charge in [-0.1, -0.05) is 33.8 Å². The third-order valence-electron chi connectivity index (χ3n) is 4.99. The third kappa shape index (κ3) is 4.99. The molecule has 1 amide bonds. The first-order valence-electron chi connectivity index (χ1n) is 10.2. The summed E-state index contributed by atoms with van der Waals surface area (Å²) in [4.78, 5) is 13.7. The number of amides is 1. The number of carbonyl (C=O) groups excluding carboxylic acids is 1. The summed E-state index contributed by atoms with van der Waals surface area (Å²) in [6.07, 6.45) is 1.79. The molecule has 9 heteroatoms. The highest BCUT2D eigenvalue weighted by molar-refractivity contribution is 6.99. The Balaban J connectivity index is 1.85. The number of nitrogens with zero attached hydrogens (tertiary/aromatic N) is 3. The van der Waals surface area contributed by atoms with E-state index in [0.717, 1.165) is 23.1 Å². The third-order valence-corrected chi connectivity index (χ3v) is 5.51. The average molecular weight is 444 g/mol. The number of anilines is 3. The van der Waals surface area contributed by atoms with Crippen molar-refractivity contribution in [2.45, 2.75) is 39.7 Å². The molecule has 0 aliphatic carbocycles. The molecule has 0 bridgehead atoms. The van der Waals surface area contributed by atoms with Crippen LogP contribution in [-0.2, 0) is 0 Å². The summed E-state index contributed by atoms with van der Waals surface area (Å²) in [7, 11) is 3.28. The van der Waals surface area contributed by atoms with Crippen molar-refractivity contribution in [3.05, 3.63) is 47.4 Å². The van der Waals surface area contributed by atoms with Gasteiger partial charge in [0, 0.05) is 14.1 Å². The van der Waals surface area contributed by atoms with Gasteiger partial charge in [0.2, 0.25) is 0 Å². The number of aromatic nitrogens is 2. The van der Waals surface area contributed by atoms with Crippen LogP contribution >= 0.6 is 11.7 Å². The van der Waals surface area contributed by atoms with E-state index in [-0.39, 0.29) is 29.2 Å². The average Bonchev–Trinajstić information content (AvgIpc) is 3.36. The van der Waals surface area contributed by atoms with Gasteiger partial charge in [-0.25, -0.2) is 0 Å². The number of benzene rings is 1. The Labute approximate surface area is 186 Å². The van der Waals surface area contributed by atoms with Gasteiger partial charge in [0.1, 0.15) is 5.76 Å². The lowest BCUT2D eigenvalue weighted by Gasteiger charge is -2.21. The number of furan rings is 1. The van der Waals surface area contributed by atoms with Gasteiger partial charge in [0.25, 0.3) is 5.91 Å². The second-order valence-corrected chi connectivity index (χ2v) is 8.82. The first kappa shape index (κ1) is 22.6. The molecular weight excluding hydrogens is 414 g/mol. The van der Waals surface area contributed by atoms with Gasteiger partial charge >= 0.3 is 0 Å². The highest BCUT2D eigenvalue weighted by Gasteiger charge is 2.24. The Morgan fingerprint density at radius 3 is 2.48 bits per heavy atom. The molecule has 0 spiro atoms. The predicted octanol–water partition coefficient (Wildman–Crippen LogP) is 5.21. The summed E-state index contributed by atoms with van der Waals surface area (Å²) in [5, 5.41) is 17.1. The summed E-state index contributed by atoms with van der Waals surface area (Å²) in [5.41, 5.74) is 1.73. The second kappa shape index (κ2) is 9.38. The fourth-order valence-corrected chi connectivity index (χ4v) is 3.57. The first-order valence-corrected chi connectivity index (χ1v) is 10.9. The zero-order valence-corrected chi connectivity index (χ0v) is 19.4. The highest BCUT2D eigenvalue weighted by Crippen LogP contribution is 2.35. The summed E-state index contributed by atoms with van der Waals surface area (Å²) in [5.74, 6) is 2.05. The van der Waals surface area contributed by atoms with Crippen molar-refractivity contribution in [1.29, 1.82) is 0 Å². The number of para-hydroxylation sites is 1. The minimum atomic E-state index is -0.283. The smallest absolute Gasteiger partial charge is 0.257 e. The lowest BCUT2D eigenvalue weighted by Crippen LogP contribution is -2.21. The SMILES string of the molecule is CC(C)c1coc([C@H](Nc2nsnc2Nc2cccc(C(=O)N(C)C)c2O)C(C)C)c1. The summed E-state index contributed by atoms with van der Waals surface area (Å²) in [6, 6.07) is 6.94. The quantitative estimate of drug-likeness (QED) is 0.410. The molecule has 166 valence electrons. The van der Waals surface area contributed by atoms with E-state index in [9.17, 15) is 9.90 Å². The van der Waals surface area contributed by atoms with Crippen molar-refractivity contribution < 1.29 is 14.3 Å². The Bertz CT molecular complexity index is 1040. The molecule has 0 saturated carbocycles. The van der Waals surface area contributed by atoms with Crippen LogP contribution in [0.4, 0.5) is 17.3 Å². The van der Waals surface area contributed by atoms with E-state index in [4.69, 9.17) is 4.42 Å². The highest BCUT2D eigenvalue weighted by atomic mass is 32.1. The largest absolute Gasteiger partial charge is 0.505 e. The maximum Gasteiger partial charge on any atom is 0.257 e. The van der Waals surface area contributed by atoms with Crippen molar-refractivity contribution in [1.82, 2.24) is 13.6 Å². The van der Waals surface area contributed by atoms with Crippen LogP contribution < -0.4 is 10.6 Å². The van der Waals surface area contributed by atoms with E-state index in [0.29, 0.717) is 23.2 Å². The lowest BCUT2D eigenvalue weighted by atomic mass is 9.99. The Hall–Kier alpha value is -3.07. The van der Waals surface area contributed by atoms with Crippen molar-refractivity contribution in [3.8, 4) is 5.75 Å². The molecule has 0 saturated heterocycles. The monoisotopic (exact) mass is 443 g/mol. The number of hydrogen-bond acceptors (Lipinski definition) is 8. The molecule has 2 heterocycles. The standard InChI is InChI=1S/C22H29N5O3S/c1-12(2)14-10-17(30-11-14)18(13(3)4)24-21-20(25-31-26-21)23-16-9-7-8-15(19(16)28)22(29)27(5)6/h7-13,18,28H,1-6H3,(H,23,25)(H,24,26)/t18-/m1/s1. The van der Waals surface area contributed by atoms with E-state index in [1.54, 1.807) is 38.6 Å². The van der Waals surface area contributed by atoms with E-state index >= 15 is 0 Å². The van der Waals surface area contributed by atoms with Gasteiger partial charge in [-0.15, -0.1) is 0 Å². The number of nitrogens with one attached hydrogen (secondary N) is 2. The minimum Gasteiger partial charge on any atom is -0.505 e. The second-order valence-electron chi connectivity index (χ2n) is 8.29. The maximum atomic E-state index is 12.3.